The molecule has 0 radical (unpaired) electrons. The van der Waals surface area contributed by atoms with E-state index < -0.39 is 0 Å². The molecule has 1 aromatic carbocycles. The average molecular weight is 273 g/mol. The Bertz CT molecular complexity index is 623. The van der Waals surface area contributed by atoms with Gasteiger partial charge in [0, 0.05) is 31.6 Å². The van der Waals surface area contributed by atoms with Gasteiger partial charge in [0.1, 0.15) is 0 Å². The number of nitrogens with two attached hydrogens (primary N) is 1. The van der Waals surface area contributed by atoms with Crippen LogP contribution in [0.25, 0.3) is 10.9 Å². The topological polar surface area (TPSA) is 78.2 Å². The maximum absolute atomic E-state index is 12.7. The van der Waals surface area contributed by atoms with Crippen LogP contribution in [-0.4, -0.2) is 65.2 Å². The normalized spacial score (nSPS) is 20.5. The van der Waals surface area contributed by atoms with E-state index in [1.165, 1.54) is 0 Å². The van der Waals surface area contributed by atoms with Gasteiger partial charge in [-0.25, -0.2) is 0 Å². The molecule has 2 aromatic rings. The molecule has 1 unspecified atom stereocenters. The molecule has 6 nitrogen and oxygen atoms in total. The lowest BCUT2D eigenvalue weighted by molar-refractivity contribution is 0.0512. The number of H-pyrrole nitrogens is 1. The molecular weight excluding hydrogens is 254 g/mol. The Morgan fingerprint density at radius 1 is 1.45 bits per heavy atom. The summed E-state index contributed by atoms with van der Waals surface area (Å²) in [5.74, 6) is -0.0361. The zero-order valence-corrected chi connectivity index (χ0v) is 11.5. The third kappa shape index (κ3) is 2.17. The van der Waals surface area contributed by atoms with E-state index in [9.17, 15) is 4.79 Å². The fraction of sp³-hybridized carbons (Fsp3) is 0.429. The van der Waals surface area contributed by atoms with Gasteiger partial charge in [0.25, 0.3) is 5.91 Å². The molecule has 1 atom stereocenters. The van der Waals surface area contributed by atoms with Gasteiger partial charge in [-0.05, 0) is 13.1 Å². The number of amides is 1. The number of hydrogen-bond acceptors (Lipinski definition) is 4. The zero-order valence-electron chi connectivity index (χ0n) is 11.5. The Kier molecular flexibility index (Phi) is 3.42. The van der Waals surface area contributed by atoms with Gasteiger partial charge in [0.05, 0.1) is 11.6 Å². The highest BCUT2D eigenvalue weighted by atomic mass is 16.2. The zero-order chi connectivity index (χ0) is 14.1. The van der Waals surface area contributed by atoms with Crippen molar-refractivity contribution in [1.29, 1.82) is 0 Å². The van der Waals surface area contributed by atoms with Gasteiger partial charge in [0.15, 0.2) is 5.69 Å². The number of likely N-dealkylation sites (N-methyl/N-ethyl adjacent to an activating group) is 1. The Morgan fingerprint density at radius 3 is 3.05 bits per heavy atom. The van der Waals surface area contributed by atoms with Crippen LogP contribution in [-0.2, 0) is 0 Å². The Hall–Kier alpha value is -1.92. The van der Waals surface area contributed by atoms with E-state index in [0.29, 0.717) is 18.8 Å². The molecule has 20 heavy (non-hydrogen) atoms. The molecular formula is C14H19N5O. The second-order valence-corrected chi connectivity index (χ2v) is 5.27. The molecule has 0 saturated carbocycles. The minimum atomic E-state index is -0.0361. The number of benzene rings is 1. The van der Waals surface area contributed by atoms with Crippen LogP contribution < -0.4 is 5.73 Å². The highest BCUT2D eigenvalue weighted by molar-refractivity contribution is 6.04. The van der Waals surface area contributed by atoms with Crippen molar-refractivity contribution in [3.63, 3.8) is 0 Å². The molecule has 1 saturated heterocycles. The number of nitrogens with zero attached hydrogens (tertiary/aromatic N) is 3. The highest BCUT2D eigenvalue weighted by Crippen LogP contribution is 2.19. The SMILES string of the molecule is CN1CCN(C(=O)c2n[nH]c3ccccc23)C(CN)C1. The Balaban J connectivity index is 1.91. The quantitative estimate of drug-likeness (QED) is 0.823. The third-order valence-electron chi connectivity index (χ3n) is 3.89. The van der Waals surface area contributed by atoms with Gasteiger partial charge in [-0.2, -0.15) is 5.10 Å². The van der Waals surface area contributed by atoms with Crippen molar-refractivity contribution >= 4 is 16.8 Å². The molecule has 0 spiro atoms. The molecule has 1 aliphatic rings. The molecule has 1 aliphatic heterocycles. The van der Waals surface area contributed by atoms with E-state index in [4.69, 9.17) is 5.73 Å². The molecule has 0 aliphatic carbocycles. The first-order valence-electron chi connectivity index (χ1n) is 6.83. The number of carbonyl (C=O) groups is 1. The number of carbonyl (C=O) groups excluding carboxylic acids is 1. The van der Waals surface area contributed by atoms with Crippen LogP contribution in [0.1, 0.15) is 10.5 Å². The number of rotatable bonds is 2. The predicted molar refractivity (Wildman–Crippen MR) is 77.5 cm³/mol. The minimum Gasteiger partial charge on any atom is -0.330 e. The lowest BCUT2D eigenvalue weighted by Gasteiger charge is -2.39. The number of aromatic amines is 1. The summed E-state index contributed by atoms with van der Waals surface area (Å²) in [4.78, 5) is 16.8. The van der Waals surface area contributed by atoms with Crippen molar-refractivity contribution in [2.45, 2.75) is 6.04 Å². The summed E-state index contributed by atoms with van der Waals surface area (Å²) >= 11 is 0. The standard InChI is InChI=1S/C14H19N5O/c1-18-6-7-19(10(8-15)9-18)14(20)13-11-4-2-3-5-12(11)16-17-13/h2-5,10H,6-9,15H2,1H3,(H,16,17). The number of piperazine rings is 1. The number of fused-ring (bicyclic) bond motifs is 1. The molecule has 0 bridgehead atoms. The molecule has 6 heteroatoms. The van der Waals surface area contributed by atoms with Crippen LogP contribution in [0.2, 0.25) is 0 Å². The number of para-hydroxylation sites is 1. The fourth-order valence-electron chi connectivity index (χ4n) is 2.74. The van der Waals surface area contributed by atoms with Gasteiger partial charge in [-0.1, -0.05) is 18.2 Å². The second-order valence-electron chi connectivity index (χ2n) is 5.27. The molecule has 106 valence electrons. The van der Waals surface area contributed by atoms with Gasteiger partial charge in [-0.15, -0.1) is 0 Å². The summed E-state index contributed by atoms with van der Waals surface area (Å²) in [6.45, 7) is 2.84. The lowest BCUT2D eigenvalue weighted by atomic mass is 10.1. The van der Waals surface area contributed by atoms with E-state index >= 15 is 0 Å². The van der Waals surface area contributed by atoms with Crippen molar-refractivity contribution in [1.82, 2.24) is 20.0 Å². The van der Waals surface area contributed by atoms with Crippen LogP contribution in [0.3, 0.4) is 0 Å². The van der Waals surface area contributed by atoms with Crippen molar-refractivity contribution in [2.75, 3.05) is 33.2 Å². The van der Waals surface area contributed by atoms with Gasteiger partial charge in [0.2, 0.25) is 0 Å². The first-order chi connectivity index (χ1) is 9.70. The van der Waals surface area contributed by atoms with Crippen LogP contribution in [0.15, 0.2) is 24.3 Å². The fourth-order valence-corrected chi connectivity index (χ4v) is 2.74. The van der Waals surface area contributed by atoms with E-state index in [2.05, 4.69) is 22.1 Å². The summed E-state index contributed by atoms with van der Waals surface area (Å²) in [6, 6.07) is 7.73. The van der Waals surface area contributed by atoms with Crippen LogP contribution >= 0.6 is 0 Å². The monoisotopic (exact) mass is 273 g/mol. The molecule has 3 N–H and O–H groups in total. The van der Waals surface area contributed by atoms with Crippen molar-refractivity contribution in [2.24, 2.45) is 5.73 Å². The maximum atomic E-state index is 12.7. The van der Waals surface area contributed by atoms with Crippen LogP contribution in [0.4, 0.5) is 0 Å². The van der Waals surface area contributed by atoms with E-state index in [1.807, 2.05) is 29.2 Å². The first-order valence-corrected chi connectivity index (χ1v) is 6.83. The van der Waals surface area contributed by atoms with E-state index in [1.54, 1.807) is 0 Å². The number of nitrogens with one attached hydrogen (secondary N) is 1. The van der Waals surface area contributed by atoms with Crippen molar-refractivity contribution in [3.8, 4) is 0 Å². The number of hydrogen-bond donors (Lipinski definition) is 2. The van der Waals surface area contributed by atoms with Crippen LogP contribution in [0.5, 0.6) is 0 Å². The van der Waals surface area contributed by atoms with Crippen LogP contribution in [0, 0.1) is 0 Å². The molecule has 1 amide bonds. The largest absolute Gasteiger partial charge is 0.330 e. The number of aromatic nitrogens is 2. The van der Waals surface area contributed by atoms with Gasteiger partial charge < -0.3 is 15.5 Å². The first kappa shape index (κ1) is 13.1. The van der Waals surface area contributed by atoms with E-state index in [0.717, 1.165) is 24.0 Å². The Labute approximate surface area is 117 Å². The summed E-state index contributed by atoms with van der Waals surface area (Å²) in [5.41, 5.74) is 7.18. The summed E-state index contributed by atoms with van der Waals surface area (Å²) in [7, 11) is 2.05. The average Bonchev–Trinajstić information content (AvgIpc) is 2.90. The smallest absolute Gasteiger partial charge is 0.275 e. The van der Waals surface area contributed by atoms with Gasteiger partial charge >= 0.3 is 0 Å². The highest BCUT2D eigenvalue weighted by Gasteiger charge is 2.30. The molecule has 3 rings (SSSR count). The maximum Gasteiger partial charge on any atom is 0.275 e. The summed E-state index contributed by atoms with van der Waals surface area (Å²) < 4.78 is 0. The van der Waals surface area contributed by atoms with Crippen molar-refractivity contribution < 1.29 is 4.79 Å². The van der Waals surface area contributed by atoms with Crippen molar-refractivity contribution in [3.05, 3.63) is 30.0 Å². The summed E-state index contributed by atoms with van der Waals surface area (Å²) in [6.07, 6.45) is 0. The predicted octanol–water partition coefficient (Wildman–Crippen LogP) is 0.278. The minimum absolute atomic E-state index is 0.0361. The van der Waals surface area contributed by atoms with E-state index in [-0.39, 0.29) is 11.9 Å². The second kappa shape index (κ2) is 5.22. The Morgan fingerprint density at radius 2 is 2.25 bits per heavy atom. The third-order valence-corrected chi connectivity index (χ3v) is 3.89. The molecule has 1 aromatic heterocycles. The molecule has 2 heterocycles. The van der Waals surface area contributed by atoms with Gasteiger partial charge in [-0.3, -0.25) is 9.89 Å². The summed E-state index contributed by atoms with van der Waals surface area (Å²) in [5, 5.41) is 7.97. The lowest BCUT2D eigenvalue weighted by Crippen LogP contribution is -2.56. The molecule has 1 fully saturated rings.